The van der Waals surface area contributed by atoms with Gasteiger partial charge < -0.3 is 15.4 Å². The molecule has 4 heteroatoms. The Balaban J connectivity index is 2.04. The minimum absolute atomic E-state index is 0.143. The molecular weight excluding hydrogens is 238 g/mol. The summed E-state index contributed by atoms with van der Waals surface area (Å²) in [5.41, 5.74) is 8.14. The molecule has 1 aliphatic rings. The molecule has 0 amide bonds. The van der Waals surface area contributed by atoms with E-state index in [1.807, 2.05) is 0 Å². The molecule has 4 nitrogen and oxygen atoms in total. The van der Waals surface area contributed by atoms with Crippen LogP contribution in [0.2, 0.25) is 0 Å². The smallest absolute Gasteiger partial charge is 0.282 e. The predicted molar refractivity (Wildman–Crippen MR) is 79.8 cm³/mol. The van der Waals surface area contributed by atoms with Gasteiger partial charge >= 0.3 is 0 Å². The third-order valence-electron chi connectivity index (χ3n) is 3.47. The summed E-state index contributed by atoms with van der Waals surface area (Å²) in [4.78, 5) is 6.58. The summed E-state index contributed by atoms with van der Waals surface area (Å²) < 4.78 is 5.20. The SMILES string of the molecule is CCN(C[C@H]1COC(N)=N1)c1ccc(C(C)C)cc1. The summed E-state index contributed by atoms with van der Waals surface area (Å²) in [5.74, 6) is 0.566. The third kappa shape index (κ3) is 3.40. The van der Waals surface area contributed by atoms with Crippen molar-refractivity contribution in [2.45, 2.75) is 32.7 Å². The standard InChI is InChI=1S/C15H23N3O/c1-4-18(9-13-10-19-15(16)17-13)14-7-5-12(6-8-14)11(2)3/h5-8,11,13H,4,9-10H2,1-3H3,(H2,16,17)/t13-/m0/s1. The van der Waals surface area contributed by atoms with Crippen LogP contribution in [-0.2, 0) is 4.74 Å². The highest BCUT2D eigenvalue weighted by molar-refractivity contribution is 5.73. The summed E-state index contributed by atoms with van der Waals surface area (Å²) in [6, 6.07) is 9.22. The minimum atomic E-state index is 0.143. The van der Waals surface area contributed by atoms with Crippen LogP contribution in [0.3, 0.4) is 0 Å². The lowest BCUT2D eigenvalue weighted by molar-refractivity contribution is 0.313. The van der Waals surface area contributed by atoms with Gasteiger partial charge in [-0.1, -0.05) is 26.0 Å². The van der Waals surface area contributed by atoms with Crippen LogP contribution in [0.1, 0.15) is 32.3 Å². The Bertz CT molecular complexity index is 439. The van der Waals surface area contributed by atoms with Crippen LogP contribution >= 0.6 is 0 Å². The fraction of sp³-hybridized carbons (Fsp3) is 0.533. The molecule has 0 aliphatic carbocycles. The van der Waals surface area contributed by atoms with Crippen molar-refractivity contribution in [3.8, 4) is 0 Å². The molecule has 0 saturated carbocycles. The van der Waals surface area contributed by atoms with Crippen molar-refractivity contribution >= 4 is 11.7 Å². The minimum Gasteiger partial charge on any atom is -0.463 e. The number of ether oxygens (including phenoxy) is 1. The van der Waals surface area contributed by atoms with E-state index in [0.29, 0.717) is 18.5 Å². The van der Waals surface area contributed by atoms with Gasteiger partial charge in [0.2, 0.25) is 0 Å². The second-order valence-electron chi connectivity index (χ2n) is 5.22. The van der Waals surface area contributed by atoms with E-state index in [1.54, 1.807) is 0 Å². The predicted octanol–water partition coefficient (Wildman–Crippen LogP) is 2.35. The molecule has 1 aromatic carbocycles. The van der Waals surface area contributed by atoms with E-state index in [0.717, 1.165) is 13.1 Å². The number of amidine groups is 1. The number of anilines is 1. The van der Waals surface area contributed by atoms with E-state index in [9.17, 15) is 0 Å². The van der Waals surface area contributed by atoms with Gasteiger partial charge in [0.05, 0.1) is 0 Å². The highest BCUT2D eigenvalue weighted by atomic mass is 16.5. The molecule has 0 fully saturated rings. The van der Waals surface area contributed by atoms with Gasteiger partial charge in [0, 0.05) is 18.8 Å². The van der Waals surface area contributed by atoms with Gasteiger partial charge in [0.1, 0.15) is 12.6 Å². The summed E-state index contributed by atoms with van der Waals surface area (Å²) in [5, 5.41) is 0. The van der Waals surface area contributed by atoms with Crippen molar-refractivity contribution in [3.05, 3.63) is 29.8 Å². The number of likely N-dealkylation sites (N-methyl/N-ethyl adjacent to an activating group) is 1. The normalized spacial score (nSPS) is 18.3. The Kier molecular flexibility index (Phi) is 4.30. The maximum atomic E-state index is 5.54. The largest absolute Gasteiger partial charge is 0.463 e. The zero-order chi connectivity index (χ0) is 13.8. The molecule has 19 heavy (non-hydrogen) atoms. The third-order valence-corrected chi connectivity index (χ3v) is 3.47. The molecule has 1 aromatic rings. The number of rotatable bonds is 5. The van der Waals surface area contributed by atoms with Crippen molar-refractivity contribution in [3.63, 3.8) is 0 Å². The number of nitrogens with two attached hydrogens (primary N) is 1. The second kappa shape index (κ2) is 5.95. The average molecular weight is 261 g/mol. The zero-order valence-electron chi connectivity index (χ0n) is 12.0. The Morgan fingerprint density at radius 1 is 1.37 bits per heavy atom. The highest BCUT2D eigenvalue weighted by Gasteiger charge is 2.19. The molecule has 0 saturated heterocycles. The molecule has 0 unspecified atom stereocenters. The summed E-state index contributed by atoms with van der Waals surface area (Å²) in [7, 11) is 0. The first kappa shape index (κ1) is 13.7. The first-order chi connectivity index (χ1) is 9.10. The molecule has 0 spiro atoms. The molecule has 0 radical (unpaired) electrons. The summed E-state index contributed by atoms with van der Waals surface area (Å²) >= 11 is 0. The molecule has 2 rings (SSSR count). The van der Waals surface area contributed by atoms with Crippen LogP contribution in [0.5, 0.6) is 0 Å². The fourth-order valence-corrected chi connectivity index (χ4v) is 2.27. The van der Waals surface area contributed by atoms with Gasteiger partial charge in [-0.25, -0.2) is 4.99 Å². The Labute approximate surface area is 115 Å². The van der Waals surface area contributed by atoms with Crippen LogP contribution in [0.25, 0.3) is 0 Å². The average Bonchev–Trinajstić information content (AvgIpc) is 2.81. The summed E-state index contributed by atoms with van der Waals surface area (Å²) in [6.45, 7) is 8.96. The zero-order valence-corrected chi connectivity index (χ0v) is 12.0. The van der Waals surface area contributed by atoms with Gasteiger partial charge in [-0.2, -0.15) is 0 Å². The molecule has 2 N–H and O–H groups in total. The second-order valence-corrected chi connectivity index (χ2v) is 5.22. The molecule has 104 valence electrons. The number of aliphatic imine (C=N–C) groups is 1. The first-order valence-corrected chi connectivity index (χ1v) is 6.91. The molecular formula is C15H23N3O. The number of hydrogen-bond acceptors (Lipinski definition) is 4. The van der Waals surface area contributed by atoms with Crippen molar-refractivity contribution < 1.29 is 4.74 Å². The van der Waals surface area contributed by atoms with E-state index >= 15 is 0 Å². The number of nitrogens with zero attached hydrogens (tertiary/aromatic N) is 2. The Morgan fingerprint density at radius 3 is 2.53 bits per heavy atom. The fourth-order valence-electron chi connectivity index (χ4n) is 2.27. The van der Waals surface area contributed by atoms with E-state index in [-0.39, 0.29) is 6.04 Å². The van der Waals surface area contributed by atoms with Crippen molar-refractivity contribution in [1.82, 2.24) is 0 Å². The van der Waals surface area contributed by atoms with E-state index in [1.165, 1.54) is 11.3 Å². The maximum Gasteiger partial charge on any atom is 0.282 e. The quantitative estimate of drug-likeness (QED) is 0.885. The van der Waals surface area contributed by atoms with Crippen molar-refractivity contribution in [1.29, 1.82) is 0 Å². The van der Waals surface area contributed by atoms with E-state index in [2.05, 4.69) is 54.9 Å². The first-order valence-electron chi connectivity index (χ1n) is 6.91. The van der Waals surface area contributed by atoms with Gasteiger partial charge in [-0.15, -0.1) is 0 Å². The lowest BCUT2D eigenvalue weighted by Crippen LogP contribution is -2.32. The Hall–Kier alpha value is -1.71. The van der Waals surface area contributed by atoms with Gasteiger partial charge in [0.25, 0.3) is 6.02 Å². The highest BCUT2D eigenvalue weighted by Crippen LogP contribution is 2.21. The van der Waals surface area contributed by atoms with Crippen LogP contribution < -0.4 is 10.6 Å². The van der Waals surface area contributed by atoms with E-state index < -0.39 is 0 Å². The lowest BCUT2D eigenvalue weighted by Gasteiger charge is -2.25. The maximum absolute atomic E-state index is 5.54. The van der Waals surface area contributed by atoms with Crippen LogP contribution in [0, 0.1) is 0 Å². The molecule has 1 aliphatic heterocycles. The summed E-state index contributed by atoms with van der Waals surface area (Å²) in [6.07, 6.45) is 0. The number of hydrogen-bond donors (Lipinski definition) is 1. The lowest BCUT2D eigenvalue weighted by atomic mass is 10.0. The molecule has 0 aromatic heterocycles. The number of benzene rings is 1. The topological polar surface area (TPSA) is 50.9 Å². The van der Waals surface area contributed by atoms with Gasteiger partial charge in [-0.3, -0.25) is 0 Å². The van der Waals surface area contributed by atoms with Crippen LogP contribution in [-0.4, -0.2) is 31.8 Å². The van der Waals surface area contributed by atoms with Crippen LogP contribution in [0.15, 0.2) is 29.3 Å². The monoisotopic (exact) mass is 261 g/mol. The van der Waals surface area contributed by atoms with Gasteiger partial charge in [0.15, 0.2) is 0 Å². The molecule has 1 heterocycles. The van der Waals surface area contributed by atoms with Crippen molar-refractivity contribution in [2.24, 2.45) is 10.7 Å². The van der Waals surface area contributed by atoms with Gasteiger partial charge in [-0.05, 0) is 30.5 Å². The molecule has 0 bridgehead atoms. The molecule has 1 atom stereocenters. The van der Waals surface area contributed by atoms with Crippen molar-refractivity contribution in [2.75, 3.05) is 24.6 Å². The van der Waals surface area contributed by atoms with Crippen LogP contribution in [0.4, 0.5) is 5.69 Å². The Morgan fingerprint density at radius 2 is 2.05 bits per heavy atom. The van der Waals surface area contributed by atoms with E-state index in [4.69, 9.17) is 10.5 Å².